The molecule has 3 aliphatic carbocycles. The molecule has 1 aliphatic heterocycles. The summed E-state index contributed by atoms with van der Waals surface area (Å²) in [4.78, 5) is 22.6. The second kappa shape index (κ2) is 15.6. The number of benzene rings is 2. The molecule has 1 spiro atoms. The first kappa shape index (κ1) is 37.0. The number of piperazine rings is 1. The number of aliphatic carboxylic acids is 1. The number of hydrogen-bond acceptors (Lipinski definition) is 7. The van der Waals surface area contributed by atoms with Crippen molar-refractivity contribution in [3.8, 4) is 11.5 Å². The lowest BCUT2D eigenvalue weighted by atomic mass is 9.59. The fourth-order valence-electron chi connectivity index (χ4n) is 9.81. The number of pyridine rings is 1. The van der Waals surface area contributed by atoms with Gasteiger partial charge in [0.15, 0.2) is 0 Å². The van der Waals surface area contributed by atoms with Gasteiger partial charge in [0.05, 0.1) is 6.61 Å². The molecule has 1 unspecified atom stereocenters. The predicted molar refractivity (Wildman–Crippen MR) is 208 cm³/mol. The zero-order valence-electron chi connectivity index (χ0n) is 31.5. The van der Waals surface area contributed by atoms with Gasteiger partial charge < -0.3 is 24.8 Å². The number of carbonyl (C=O) groups is 1. The Morgan fingerprint density at radius 3 is 2.62 bits per heavy atom. The van der Waals surface area contributed by atoms with Gasteiger partial charge in [-0.25, -0.2) is 4.79 Å². The Morgan fingerprint density at radius 2 is 1.87 bits per heavy atom. The smallest absolute Gasteiger partial charge is 0.329 e. The Balaban J connectivity index is 1.11. The van der Waals surface area contributed by atoms with Crippen molar-refractivity contribution in [2.45, 2.75) is 102 Å². The van der Waals surface area contributed by atoms with Crippen LogP contribution < -0.4 is 14.8 Å². The van der Waals surface area contributed by atoms with Gasteiger partial charge in [0.2, 0.25) is 0 Å². The molecule has 8 nitrogen and oxygen atoms in total. The summed E-state index contributed by atoms with van der Waals surface area (Å²) in [5, 5.41) is 14.7. The van der Waals surface area contributed by atoms with Crippen molar-refractivity contribution >= 4 is 23.3 Å². The monoisotopic (exact) mass is 728 g/mol. The Labute approximate surface area is 315 Å². The number of rotatable bonds is 12. The number of likely N-dealkylation sites (N-methyl/N-ethyl adjacent to an activating group) is 1. The average molecular weight is 729 g/mol. The van der Waals surface area contributed by atoms with Crippen LogP contribution in [0.3, 0.4) is 0 Å². The molecule has 2 heterocycles. The third-order valence-corrected chi connectivity index (χ3v) is 12.9. The van der Waals surface area contributed by atoms with E-state index < -0.39 is 11.5 Å². The first-order chi connectivity index (χ1) is 25.0. The summed E-state index contributed by atoms with van der Waals surface area (Å²) < 4.78 is 13.2. The van der Waals surface area contributed by atoms with Crippen LogP contribution >= 0.6 is 11.6 Å². The minimum Gasteiger partial charge on any atom is -0.493 e. The molecule has 0 bridgehead atoms. The second-order valence-corrected chi connectivity index (χ2v) is 17.0. The van der Waals surface area contributed by atoms with Crippen LogP contribution in [-0.2, 0) is 23.1 Å². The molecule has 0 radical (unpaired) electrons. The fourth-order valence-corrected chi connectivity index (χ4v) is 10.0. The van der Waals surface area contributed by atoms with Crippen molar-refractivity contribution in [1.29, 1.82) is 0 Å². The SMILES string of the molecule is C[C@@H](COc1ccnc2c1[C@H](C)CCC2)CC1Cc2ccc(O[C@H](C)CN3CCN(C)CC3)cc2C12CCC(Nc1cccc(Cl)c1)(C(=O)O)CC2. The van der Waals surface area contributed by atoms with Crippen molar-refractivity contribution in [3.05, 3.63) is 82.1 Å². The fraction of sp³-hybridized carbons (Fsp3) is 0.581. The summed E-state index contributed by atoms with van der Waals surface area (Å²) in [5.74, 6) is 2.28. The van der Waals surface area contributed by atoms with E-state index in [1.165, 1.54) is 35.2 Å². The van der Waals surface area contributed by atoms with Gasteiger partial charge in [-0.1, -0.05) is 37.6 Å². The lowest BCUT2D eigenvalue weighted by Crippen LogP contribution is -2.53. The van der Waals surface area contributed by atoms with Crippen LogP contribution in [0, 0.1) is 11.8 Å². The lowest BCUT2D eigenvalue weighted by Gasteiger charge is -2.47. The molecular weight excluding hydrogens is 672 g/mol. The maximum absolute atomic E-state index is 13.0. The van der Waals surface area contributed by atoms with Crippen LogP contribution in [0.25, 0.3) is 0 Å². The van der Waals surface area contributed by atoms with Gasteiger partial charge in [-0.05, 0) is 142 Å². The zero-order valence-corrected chi connectivity index (χ0v) is 32.3. The quantitative estimate of drug-likeness (QED) is 0.193. The molecule has 280 valence electrons. The summed E-state index contributed by atoms with van der Waals surface area (Å²) in [6, 6.07) is 16.2. The molecule has 52 heavy (non-hydrogen) atoms. The van der Waals surface area contributed by atoms with Crippen LogP contribution in [-0.4, -0.2) is 83.9 Å². The van der Waals surface area contributed by atoms with E-state index >= 15 is 0 Å². The van der Waals surface area contributed by atoms with Crippen molar-refractivity contribution in [1.82, 2.24) is 14.8 Å². The summed E-state index contributed by atoms with van der Waals surface area (Å²) in [6.07, 6.45) is 9.99. The molecule has 1 saturated carbocycles. The topological polar surface area (TPSA) is 87.2 Å². The van der Waals surface area contributed by atoms with Gasteiger partial charge in [0.25, 0.3) is 0 Å². The van der Waals surface area contributed by atoms with E-state index in [-0.39, 0.29) is 11.5 Å². The van der Waals surface area contributed by atoms with E-state index in [0.717, 1.165) is 82.0 Å². The van der Waals surface area contributed by atoms with Crippen LogP contribution in [0.15, 0.2) is 54.7 Å². The van der Waals surface area contributed by atoms with Crippen molar-refractivity contribution < 1.29 is 19.4 Å². The molecule has 3 aromatic rings. The highest BCUT2D eigenvalue weighted by Gasteiger charge is 2.54. The normalized spacial score (nSPS) is 27.4. The van der Waals surface area contributed by atoms with Gasteiger partial charge in [-0.2, -0.15) is 0 Å². The maximum Gasteiger partial charge on any atom is 0.329 e. The highest BCUT2D eigenvalue weighted by Crippen LogP contribution is 2.57. The molecule has 9 heteroatoms. The Kier molecular flexibility index (Phi) is 11.1. The number of anilines is 1. The lowest BCUT2D eigenvalue weighted by molar-refractivity contribution is -0.144. The summed E-state index contributed by atoms with van der Waals surface area (Å²) in [7, 11) is 2.19. The van der Waals surface area contributed by atoms with Gasteiger partial charge >= 0.3 is 5.97 Å². The summed E-state index contributed by atoms with van der Waals surface area (Å²) >= 11 is 6.31. The van der Waals surface area contributed by atoms with Crippen molar-refractivity contribution in [2.24, 2.45) is 11.8 Å². The molecule has 2 fully saturated rings. The Hall–Kier alpha value is -3.33. The van der Waals surface area contributed by atoms with E-state index in [4.69, 9.17) is 21.1 Å². The maximum atomic E-state index is 13.0. The van der Waals surface area contributed by atoms with E-state index in [9.17, 15) is 9.90 Å². The van der Waals surface area contributed by atoms with Gasteiger partial charge in [-0.3, -0.25) is 9.88 Å². The highest BCUT2D eigenvalue weighted by atomic mass is 35.5. The van der Waals surface area contributed by atoms with E-state index in [2.05, 4.69) is 66.1 Å². The molecule has 2 aromatic carbocycles. The average Bonchev–Trinajstić information content (AvgIpc) is 3.40. The van der Waals surface area contributed by atoms with Gasteiger partial charge in [0, 0.05) is 60.9 Å². The van der Waals surface area contributed by atoms with Gasteiger partial charge in [-0.15, -0.1) is 0 Å². The first-order valence-corrected chi connectivity index (χ1v) is 20.0. The standard InChI is InChI=1S/C43H57ClN4O4/c1-29(28-51-39-13-18-45-38-10-5-7-30(2)40(38)39)23-33-24-32-11-12-36(52-31(3)27-48-21-19-47(4)20-22-48)26-37(32)42(33)14-16-43(17-15-42,41(49)50)46-35-9-6-8-34(44)25-35/h6,8-9,11-13,18,25-26,29-31,33,46H,5,7,10,14-17,19-24,27-28H2,1-4H3,(H,49,50)/t29-,30-,31-,33?,42?,43?/m1/s1. The van der Waals surface area contributed by atoms with E-state index in [1.54, 1.807) is 0 Å². The van der Waals surface area contributed by atoms with Crippen LogP contribution in [0.1, 0.15) is 94.0 Å². The summed E-state index contributed by atoms with van der Waals surface area (Å²) in [6.45, 7) is 12.7. The third kappa shape index (κ3) is 7.81. The first-order valence-electron chi connectivity index (χ1n) is 19.6. The van der Waals surface area contributed by atoms with Crippen LogP contribution in [0.4, 0.5) is 5.69 Å². The molecule has 4 aliphatic rings. The molecule has 2 N–H and O–H groups in total. The Morgan fingerprint density at radius 1 is 1.08 bits per heavy atom. The minimum atomic E-state index is -1.06. The number of fused-ring (bicyclic) bond motifs is 3. The third-order valence-electron chi connectivity index (χ3n) is 12.7. The highest BCUT2D eigenvalue weighted by molar-refractivity contribution is 6.30. The number of halogens is 1. The van der Waals surface area contributed by atoms with Crippen LogP contribution in [0.2, 0.25) is 5.02 Å². The number of nitrogens with zero attached hydrogens (tertiary/aromatic N) is 3. The van der Waals surface area contributed by atoms with Crippen molar-refractivity contribution in [3.63, 3.8) is 0 Å². The van der Waals surface area contributed by atoms with Crippen molar-refractivity contribution in [2.75, 3.05) is 51.7 Å². The molecular formula is C43H57ClN4O4. The number of carboxylic acid groups (broad SMARTS) is 1. The summed E-state index contributed by atoms with van der Waals surface area (Å²) in [5.41, 5.74) is 4.78. The Bertz CT molecular complexity index is 1720. The minimum absolute atomic E-state index is 0.0707. The van der Waals surface area contributed by atoms with E-state index in [1.807, 2.05) is 36.5 Å². The molecule has 7 rings (SSSR count). The largest absolute Gasteiger partial charge is 0.493 e. The van der Waals surface area contributed by atoms with Crippen LogP contribution in [0.5, 0.6) is 11.5 Å². The second-order valence-electron chi connectivity index (χ2n) is 16.5. The number of hydrogen-bond donors (Lipinski definition) is 2. The molecule has 4 atom stereocenters. The predicted octanol–water partition coefficient (Wildman–Crippen LogP) is 8.21. The molecule has 0 amide bonds. The number of nitrogens with one attached hydrogen (secondary N) is 1. The number of aryl methyl sites for hydroxylation is 1. The number of aromatic nitrogens is 1. The molecule has 1 aromatic heterocycles. The number of ether oxygens (including phenoxy) is 2. The zero-order chi connectivity index (χ0) is 36.5. The van der Waals surface area contributed by atoms with Gasteiger partial charge in [0.1, 0.15) is 23.1 Å². The molecule has 1 saturated heterocycles. The number of carboxylic acids is 1. The van der Waals surface area contributed by atoms with E-state index in [0.29, 0.717) is 42.2 Å².